The number of hydrogen-bond donors (Lipinski definition) is 3. The predicted octanol–water partition coefficient (Wildman–Crippen LogP) is 4.70. The van der Waals surface area contributed by atoms with Crippen LogP contribution in [0.15, 0.2) is 34.8 Å². The van der Waals surface area contributed by atoms with Gasteiger partial charge in [-0.1, -0.05) is 24.3 Å². The number of allylic oxidation sites excluding steroid dienone is 3. The van der Waals surface area contributed by atoms with Crippen LogP contribution >= 0.6 is 27.3 Å². The van der Waals surface area contributed by atoms with Crippen LogP contribution in [0.4, 0.5) is 0 Å². The summed E-state index contributed by atoms with van der Waals surface area (Å²) in [6, 6.07) is 1.91. The van der Waals surface area contributed by atoms with E-state index in [0.29, 0.717) is 6.42 Å². The highest BCUT2D eigenvalue weighted by Crippen LogP contribution is 2.36. The molecule has 0 bridgehead atoms. The number of aliphatic hydroxyl groups excluding tert-OH is 2. The quantitative estimate of drug-likeness (QED) is 0.320. The molecule has 156 valence electrons. The SMILES string of the molecule is Cc1sc(OC[C@H](O)/C=C/[C@H]2CCC(O)[C@@H]2C/C=C\CCCC(=O)O)cc1Br. The number of unbranched alkanes of at least 4 members (excludes halogenated alkanes) is 1. The molecule has 1 aliphatic carbocycles. The van der Waals surface area contributed by atoms with E-state index in [0.717, 1.165) is 40.1 Å². The predicted molar refractivity (Wildman–Crippen MR) is 115 cm³/mol. The molecule has 3 N–H and O–H groups in total. The zero-order chi connectivity index (χ0) is 20.5. The fourth-order valence-corrected chi connectivity index (χ4v) is 4.75. The number of aryl methyl sites for hydroxylation is 1. The van der Waals surface area contributed by atoms with Crippen molar-refractivity contribution in [3.05, 3.63) is 39.7 Å². The Balaban J connectivity index is 1.76. The topological polar surface area (TPSA) is 87.0 Å². The van der Waals surface area contributed by atoms with E-state index in [1.165, 1.54) is 11.3 Å². The second-order valence-electron chi connectivity index (χ2n) is 7.20. The van der Waals surface area contributed by atoms with Crippen LogP contribution in [0.3, 0.4) is 0 Å². The number of rotatable bonds is 11. The van der Waals surface area contributed by atoms with Crippen LogP contribution in [0.25, 0.3) is 0 Å². The molecule has 0 aliphatic heterocycles. The lowest BCUT2D eigenvalue weighted by molar-refractivity contribution is -0.137. The highest BCUT2D eigenvalue weighted by Gasteiger charge is 2.32. The molecule has 1 aromatic heterocycles. The van der Waals surface area contributed by atoms with Crippen molar-refractivity contribution in [1.82, 2.24) is 0 Å². The average Bonchev–Trinajstić information content (AvgIpc) is 3.16. The Morgan fingerprint density at radius 1 is 1.43 bits per heavy atom. The van der Waals surface area contributed by atoms with Gasteiger partial charge in [-0.05, 0) is 66.8 Å². The minimum atomic E-state index is -0.769. The van der Waals surface area contributed by atoms with Gasteiger partial charge in [0.05, 0.1) is 6.10 Å². The third kappa shape index (κ3) is 7.70. The maximum Gasteiger partial charge on any atom is 0.303 e. The van der Waals surface area contributed by atoms with E-state index in [4.69, 9.17) is 9.84 Å². The number of carboxylic acid groups (broad SMARTS) is 1. The van der Waals surface area contributed by atoms with Gasteiger partial charge in [0.25, 0.3) is 0 Å². The summed E-state index contributed by atoms with van der Waals surface area (Å²) < 4.78 is 6.65. The van der Waals surface area contributed by atoms with Crippen molar-refractivity contribution in [2.45, 2.75) is 57.7 Å². The zero-order valence-electron chi connectivity index (χ0n) is 16.1. The molecule has 1 aliphatic rings. The number of halogens is 1. The second kappa shape index (κ2) is 11.8. The lowest BCUT2D eigenvalue weighted by Gasteiger charge is -2.18. The van der Waals surface area contributed by atoms with Crippen LogP contribution in [0, 0.1) is 18.8 Å². The molecule has 28 heavy (non-hydrogen) atoms. The Morgan fingerprint density at radius 3 is 2.89 bits per heavy atom. The molecular weight excluding hydrogens is 444 g/mol. The van der Waals surface area contributed by atoms with Crippen molar-refractivity contribution in [2.75, 3.05) is 6.61 Å². The maximum absolute atomic E-state index is 10.5. The van der Waals surface area contributed by atoms with Gasteiger partial charge in [0, 0.05) is 21.8 Å². The van der Waals surface area contributed by atoms with E-state index in [-0.39, 0.29) is 31.0 Å². The number of ether oxygens (including phenoxy) is 1. The number of carbonyl (C=O) groups is 1. The first-order valence-electron chi connectivity index (χ1n) is 9.66. The first kappa shape index (κ1) is 23.1. The zero-order valence-corrected chi connectivity index (χ0v) is 18.5. The molecule has 0 aromatic carbocycles. The van der Waals surface area contributed by atoms with Gasteiger partial charge in [0.1, 0.15) is 12.7 Å². The van der Waals surface area contributed by atoms with Gasteiger partial charge in [-0.25, -0.2) is 0 Å². The average molecular weight is 473 g/mol. The van der Waals surface area contributed by atoms with Crippen molar-refractivity contribution in [3.8, 4) is 5.06 Å². The summed E-state index contributed by atoms with van der Waals surface area (Å²) in [5.41, 5.74) is 0. The van der Waals surface area contributed by atoms with Crippen LogP contribution < -0.4 is 4.74 Å². The van der Waals surface area contributed by atoms with Gasteiger partial charge in [-0.15, -0.1) is 11.3 Å². The summed E-state index contributed by atoms with van der Waals surface area (Å²) in [5.74, 6) is -0.406. The summed E-state index contributed by atoms with van der Waals surface area (Å²) >= 11 is 4.99. The summed E-state index contributed by atoms with van der Waals surface area (Å²) in [4.78, 5) is 11.6. The van der Waals surface area contributed by atoms with E-state index < -0.39 is 12.1 Å². The monoisotopic (exact) mass is 472 g/mol. The van der Waals surface area contributed by atoms with Crippen molar-refractivity contribution < 1.29 is 24.9 Å². The fraction of sp³-hybridized carbons (Fsp3) is 0.571. The molecule has 5 nitrogen and oxygen atoms in total. The maximum atomic E-state index is 10.5. The lowest BCUT2D eigenvalue weighted by atomic mass is 9.90. The molecule has 2 rings (SSSR count). The highest BCUT2D eigenvalue weighted by molar-refractivity contribution is 9.10. The minimum absolute atomic E-state index is 0.135. The van der Waals surface area contributed by atoms with Crippen LogP contribution in [0.5, 0.6) is 5.06 Å². The van der Waals surface area contributed by atoms with E-state index in [2.05, 4.69) is 15.9 Å². The van der Waals surface area contributed by atoms with Gasteiger partial charge in [0.15, 0.2) is 5.06 Å². The van der Waals surface area contributed by atoms with Crippen molar-refractivity contribution in [2.24, 2.45) is 11.8 Å². The largest absolute Gasteiger partial charge is 0.481 e. The van der Waals surface area contributed by atoms with Gasteiger partial charge < -0.3 is 20.1 Å². The van der Waals surface area contributed by atoms with E-state index in [1.807, 2.05) is 31.2 Å². The Kier molecular flexibility index (Phi) is 9.71. The van der Waals surface area contributed by atoms with Crippen LogP contribution in [0.2, 0.25) is 0 Å². The molecule has 7 heteroatoms. The normalized spacial score (nSPS) is 23.6. The number of thiophene rings is 1. The van der Waals surface area contributed by atoms with Gasteiger partial charge >= 0.3 is 5.97 Å². The molecule has 0 saturated heterocycles. The van der Waals surface area contributed by atoms with Crippen molar-refractivity contribution in [3.63, 3.8) is 0 Å². The Hall–Kier alpha value is -1.15. The summed E-state index contributed by atoms with van der Waals surface area (Å²) in [6.07, 6.45) is 10.8. The Labute approximate surface area is 178 Å². The molecule has 1 heterocycles. The molecule has 1 aromatic rings. The first-order valence-corrected chi connectivity index (χ1v) is 11.3. The Morgan fingerprint density at radius 2 is 2.21 bits per heavy atom. The molecule has 0 radical (unpaired) electrons. The molecular formula is C21H29BrO5S. The van der Waals surface area contributed by atoms with E-state index >= 15 is 0 Å². The molecule has 0 amide bonds. The molecule has 1 unspecified atom stereocenters. The standard InChI is InChI=1S/C21H29BrO5S/c1-14-18(22)12-21(28-14)27-13-16(23)10-8-15-9-11-19(24)17(15)6-4-2-3-5-7-20(25)26/h2,4,8,10,12,15-17,19,23-24H,3,5-7,9,11,13H2,1H3,(H,25,26)/b4-2-,10-8+/t15-,16+,17+,19?/m0/s1. The summed E-state index contributed by atoms with van der Waals surface area (Å²) in [5, 5.41) is 29.8. The lowest BCUT2D eigenvalue weighted by Crippen LogP contribution is -2.19. The van der Waals surface area contributed by atoms with Gasteiger partial charge in [-0.2, -0.15) is 0 Å². The second-order valence-corrected chi connectivity index (χ2v) is 9.27. The van der Waals surface area contributed by atoms with E-state index in [1.54, 1.807) is 6.08 Å². The third-order valence-corrected chi connectivity index (χ3v) is 7.04. The van der Waals surface area contributed by atoms with Crippen LogP contribution in [-0.2, 0) is 4.79 Å². The number of carboxylic acids is 1. The van der Waals surface area contributed by atoms with Crippen LogP contribution in [0.1, 0.15) is 43.4 Å². The van der Waals surface area contributed by atoms with E-state index in [9.17, 15) is 15.0 Å². The summed E-state index contributed by atoms with van der Waals surface area (Å²) in [6.45, 7) is 2.20. The van der Waals surface area contributed by atoms with Crippen LogP contribution in [-0.4, -0.2) is 40.1 Å². The first-order chi connectivity index (χ1) is 13.4. The third-order valence-electron chi connectivity index (χ3n) is 4.99. The Bertz CT molecular complexity index is 665. The van der Waals surface area contributed by atoms with Crippen molar-refractivity contribution in [1.29, 1.82) is 0 Å². The van der Waals surface area contributed by atoms with Gasteiger partial charge in [-0.3, -0.25) is 4.79 Å². The number of aliphatic carboxylic acids is 1. The molecule has 0 spiro atoms. The smallest absolute Gasteiger partial charge is 0.303 e. The number of hydrogen-bond acceptors (Lipinski definition) is 5. The van der Waals surface area contributed by atoms with Gasteiger partial charge in [0.2, 0.25) is 0 Å². The summed E-state index contributed by atoms with van der Waals surface area (Å²) in [7, 11) is 0. The fourth-order valence-electron chi connectivity index (χ4n) is 3.39. The molecule has 1 saturated carbocycles. The highest BCUT2D eigenvalue weighted by atomic mass is 79.9. The van der Waals surface area contributed by atoms with Crippen molar-refractivity contribution >= 4 is 33.2 Å². The number of aliphatic hydroxyl groups is 2. The molecule has 4 atom stereocenters. The molecule has 1 fully saturated rings. The minimum Gasteiger partial charge on any atom is -0.481 e.